The second-order valence-electron chi connectivity index (χ2n) is 5.29. The maximum Gasteiger partial charge on any atom is 0.522 e. The van der Waals surface area contributed by atoms with Crippen LogP contribution in [0.2, 0.25) is 0 Å². The molecule has 2 aromatic carbocycles. The monoisotopic (exact) mass is 344 g/mol. The number of hydrogen-bond donors (Lipinski definition) is 1. The van der Waals surface area contributed by atoms with E-state index >= 15 is 0 Å². The van der Waals surface area contributed by atoms with Gasteiger partial charge >= 0.3 is 15.6 Å². The van der Waals surface area contributed by atoms with Gasteiger partial charge in [-0.15, -0.1) is 0 Å². The fraction of sp³-hybridized carbons (Fsp3) is 0.250. The van der Waals surface area contributed by atoms with Gasteiger partial charge in [-0.3, -0.25) is 4.55 Å². The molecule has 3 rings (SSSR count). The van der Waals surface area contributed by atoms with Gasteiger partial charge in [0.2, 0.25) is 0 Å². The Kier molecular flexibility index (Phi) is 4.54. The average Bonchev–Trinajstić information content (AvgIpc) is 2.81. The molecule has 1 N–H and O–H groups in total. The number of hydrogen-bond acceptors (Lipinski definition) is 2. The van der Waals surface area contributed by atoms with Crippen LogP contribution in [0.15, 0.2) is 36.4 Å². The molecule has 0 aliphatic heterocycles. The van der Waals surface area contributed by atoms with Crippen LogP contribution in [0.3, 0.4) is 0 Å². The summed E-state index contributed by atoms with van der Waals surface area (Å²) in [5.41, 5.74) is 3.19. The van der Waals surface area contributed by atoms with Crippen molar-refractivity contribution in [1.29, 1.82) is 0 Å². The van der Waals surface area contributed by atoms with Crippen molar-refractivity contribution in [1.82, 2.24) is 0 Å². The SMILES string of the molecule is Cc1ccc2c(c1C)Cc1ccccc1-2.O=S(=O)(O)C(F)(F)F. The van der Waals surface area contributed by atoms with E-state index in [-0.39, 0.29) is 0 Å². The van der Waals surface area contributed by atoms with Crippen LogP contribution in [-0.4, -0.2) is 18.5 Å². The van der Waals surface area contributed by atoms with Crippen molar-refractivity contribution in [3.63, 3.8) is 0 Å². The van der Waals surface area contributed by atoms with E-state index in [1.165, 1.54) is 33.4 Å². The molecule has 1 aliphatic carbocycles. The van der Waals surface area contributed by atoms with E-state index in [2.05, 4.69) is 50.2 Å². The van der Waals surface area contributed by atoms with Gasteiger partial charge in [0, 0.05) is 0 Å². The zero-order valence-electron chi connectivity index (χ0n) is 12.5. The van der Waals surface area contributed by atoms with Crippen molar-refractivity contribution in [2.24, 2.45) is 0 Å². The molecule has 0 saturated carbocycles. The summed E-state index contributed by atoms with van der Waals surface area (Å²) >= 11 is 0. The molecule has 0 bridgehead atoms. The summed E-state index contributed by atoms with van der Waals surface area (Å²) in [5.74, 6) is 0. The second kappa shape index (κ2) is 5.98. The van der Waals surface area contributed by atoms with Crippen molar-refractivity contribution in [3.8, 4) is 11.1 Å². The van der Waals surface area contributed by atoms with Crippen LogP contribution < -0.4 is 0 Å². The lowest BCUT2D eigenvalue weighted by molar-refractivity contribution is -0.0510. The van der Waals surface area contributed by atoms with E-state index in [4.69, 9.17) is 13.0 Å². The summed E-state index contributed by atoms with van der Waals surface area (Å²) in [5, 5.41) is 0. The summed E-state index contributed by atoms with van der Waals surface area (Å²) < 4.78 is 57.5. The standard InChI is InChI=1S/C15H14.CHF3O3S/c1-10-7-8-14-13-6-4-3-5-12(13)9-15(14)11(10)2;2-1(3,4)8(5,6)7/h3-8H,9H2,1-2H3;(H,5,6,7). The average molecular weight is 344 g/mol. The highest BCUT2D eigenvalue weighted by atomic mass is 32.2. The number of fused-ring (bicyclic) bond motifs is 3. The minimum Gasteiger partial charge on any atom is -0.279 e. The lowest BCUT2D eigenvalue weighted by Crippen LogP contribution is -2.21. The first-order valence-electron chi connectivity index (χ1n) is 6.73. The summed E-state index contributed by atoms with van der Waals surface area (Å²) in [7, 11) is -5.84. The van der Waals surface area contributed by atoms with Crippen LogP contribution >= 0.6 is 0 Å². The van der Waals surface area contributed by atoms with Crippen LogP contribution in [-0.2, 0) is 16.5 Å². The summed E-state index contributed by atoms with van der Waals surface area (Å²) in [6, 6.07) is 13.2. The Morgan fingerprint density at radius 1 is 1.00 bits per heavy atom. The van der Waals surface area contributed by atoms with E-state index in [0.29, 0.717) is 0 Å². The first-order valence-corrected chi connectivity index (χ1v) is 8.17. The van der Waals surface area contributed by atoms with E-state index in [0.717, 1.165) is 6.42 Å². The molecule has 124 valence electrons. The molecule has 3 nitrogen and oxygen atoms in total. The largest absolute Gasteiger partial charge is 0.522 e. The summed E-state index contributed by atoms with van der Waals surface area (Å²) in [6.45, 7) is 4.43. The topological polar surface area (TPSA) is 54.4 Å². The third-order valence-electron chi connectivity index (χ3n) is 3.84. The van der Waals surface area contributed by atoms with Gasteiger partial charge in [0.1, 0.15) is 0 Å². The highest BCUT2D eigenvalue weighted by molar-refractivity contribution is 7.86. The number of rotatable bonds is 0. The zero-order valence-corrected chi connectivity index (χ0v) is 13.3. The van der Waals surface area contributed by atoms with Crippen LogP contribution in [0.5, 0.6) is 0 Å². The fourth-order valence-corrected chi connectivity index (χ4v) is 2.48. The molecule has 0 heterocycles. The molecule has 0 spiro atoms. The van der Waals surface area contributed by atoms with Crippen molar-refractivity contribution in [3.05, 3.63) is 58.7 Å². The van der Waals surface area contributed by atoms with Crippen LogP contribution in [0, 0.1) is 13.8 Å². The lowest BCUT2D eigenvalue weighted by Gasteiger charge is -2.06. The maximum absolute atomic E-state index is 10.7. The Bertz CT molecular complexity index is 840. The first kappa shape index (κ1) is 17.5. The zero-order chi connectivity index (χ0) is 17.4. The predicted octanol–water partition coefficient (Wildman–Crippen LogP) is 4.27. The van der Waals surface area contributed by atoms with Gasteiger partial charge in [0.25, 0.3) is 0 Å². The number of halogens is 3. The minimum absolute atomic E-state index is 1.11. The van der Waals surface area contributed by atoms with Crippen LogP contribution in [0.4, 0.5) is 13.2 Å². The van der Waals surface area contributed by atoms with Gasteiger partial charge in [0.05, 0.1) is 0 Å². The fourth-order valence-electron chi connectivity index (χ4n) is 2.48. The van der Waals surface area contributed by atoms with Crippen molar-refractivity contribution >= 4 is 10.1 Å². The van der Waals surface area contributed by atoms with E-state index < -0.39 is 15.6 Å². The van der Waals surface area contributed by atoms with Gasteiger partial charge in [-0.05, 0) is 53.6 Å². The molecule has 23 heavy (non-hydrogen) atoms. The van der Waals surface area contributed by atoms with Gasteiger partial charge in [-0.1, -0.05) is 36.4 Å². The summed E-state index contributed by atoms with van der Waals surface area (Å²) in [4.78, 5) is 0. The third kappa shape index (κ3) is 3.56. The maximum atomic E-state index is 10.7. The smallest absolute Gasteiger partial charge is 0.279 e. The van der Waals surface area contributed by atoms with Crippen molar-refractivity contribution in [2.75, 3.05) is 0 Å². The van der Waals surface area contributed by atoms with Gasteiger partial charge < -0.3 is 0 Å². The number of benzene rings is 2. The molecule has 7 heteroatoms. The molecular formula is C16H15F3O3S. The lowest BCUT2D eigenvalue weighted by atomic mass is 9.98. The summed E-state index contributed by atoms with van der Waals surface area (Å²) in [6.07, 6.45) is 1.11. The third-order valence-corrected chi connectivity index (χ3v) is 4.42. The van der Waals surface area contributed by atoms with Crippen molar-refractivity contribution in [2.45, 2.75) is 25.8 Å². The van der Waals surface area contributed by atoms with E-state index in [9.17, 15) is 13.2 Å². The highest BCUT2D eigenvalue weighted by Gasteiger charge is 2.44. The Hall–Kier alpha value is -1.86. The second-order valence-corrected chi connectivity index (χ2v) is 6.70. The Labute approximate surface area is 132 Å². The predicted molar refractivity (Wildman–Crippen MR) is 81.8 cm³/mol. The normalized spacial score (nSPS) is 13.0. The molecule has 0 unspecified atom stereocenters. The quantitative estimate of drug-likeness (QED) is 0.489. The molecule has 0 fully saturated rings. The Morgan fingerprint density at radius 3 is 2.13 bits per heavy atom. The molecular weight excluding hydrogens is 329 g/mol. The molecule has 0 radical (unpaired) electrons. The molecule has 0 aromatic heterocycles. The molecule has 2 aromatic rings. The highest BCUT2D eigenvalue weighted by Crippen LogP contribution is 2.38. The van der Waals surface area contributed by atoms with E-state index in [1.54, 1.807) is 0 Å². The molecule has 0 atom stereocenters. The number of aryl methyl sites for hydroxylation is 1. The minimum atomic E-state index is -5.84. The molecule has 1 aliphatic rings. The first-order chi connectivity index (χ1) is 10.5. The van der Waals surface area contributed by atoms with E-state index in [1.807, 2.05) is 0 Å². The number of alkyl halides is 3. The van der Waals surface area contributed by atoms with Crippen LogP contribution in [0.1, 0.15) is 22.3 Å². The molecule has 0 saturated heterocycles. The Balaban J connectivity index is 0.000000207. The Morgan fingerprint density at radius 2 is 1.57 bits per heavy atom. The van der Waals surface area contributed by atoms with Gasteiger partial charge in [-0.25, -0.2) is 0 Å². The van der Waals surface area contributed by atoms with Gasteiger partial charge in [-0.2, -0.15) is 21.6 Å². The van der Waals surface area contributed by atoms with Gasteiger partial charge in [0.15, 0.2) is 0 Å². The van der Waals surface area contributed by atoms with Crippen molar-refractivity contribution < 1.29 is 26.1 Å². The molecule has 0 amide bonds. The van der Waals surface area contributed by atoms with Crippen LogP contribution in [0.25, 0.3) is 11.1 Å².